The van der Waals surface area contributed by atoms with Gasteiger partial charge in [0.2, 0.25) is 0 Å². The van der Waals surface area contributed by atoms with Crippen LogP contribution in [0.3, 0.4) is 0 Å². The molecular weight excluding hydrogens is 335 g/mol. The highest BCUT2D eigenvalue weighted by atomic mass is 19.1. The second kappa shape index (κ2) is 7.20. The summed E-state index contributed by atoms with van der Waals surface area (Å²) in [4.78, 5) is 10.8. The Morgan fingerprint density at radius 1 is 1.12 bits per heavy atom. The summed E-state index contributed by atoms with van der Waals surface area (Å²) < 4.78 is 25.4. The van der Waals surface area contributed by atoms with Gasteiger partial charge in [-0.15, -0.1) is 0 Å². The Hall–Kier alpha value is -2.82. The molecule has 0 aliphatic carbocycles. The lowest BCUT2D eigenvalue weighted by Crippen LogP contribution is -2.03. The molecule has 0 aliphatic heterocycles. The van der Waals surface area contributed by atoms with Gasteiger partial charge >= 0.3 is 5.97 Å². The summed E-state index contributed by atoms with van der Waals surface area (Å²) in [6.45, 7) is 5.91. The van der Waals surface area contributed by atoms with E-state index in [2.05, 4.69) is 0 Å². The summed E-state index contributed by atoms with van der Waals surface area (Å²) in [6, 6.07) is 8.40. The molecule has 2 aromatic carbocycles. The van der Waals surface area contributed by atoms with Crippen LogP contribution in [0, 0.1) is 26.6 Å². The van der Waals surface area contributed by atoms with Crippen molar-refractivity contribution in [2.45, 2.75) is 40.2 Å². The fourth-order valence-corrected chi connectivity index (χ4v) is 3.10. The molecule has 1 N–H and O–H groups in total. The van der Waals surface area contributed by atoms with Crippen LogP contribution in [0.25, 0.3) is 11.0 Å². The molecule has 0 saturated heterocycles. The molecule has 0 spiro atoms. The molecular formula is C21H21FO4. The van der Waals surface area contributed by atoms with Gasteiger partial charge in [-0.25, -0.2) is 4.39 Å². The van der Waals surface area contributed by atoms with E-state index in [9.17, 15) is 9.18 Å². The SMILES string of the molecule is Cc1cc2cc(F)cc(COc3ccc(CCC(=O)O)c(C)c3C)c2o1. The van der Waals surface area contributed by atoms with E-state index in [1.54, 1.807) is 6.07 Å². The molecule has 0 aliphatic rings. The molecule has 3 rings (SSSR count). The second-order valence-electron chi connectivity index (χ2n) is 6.50. The number of hydrogen-bond donors (Lipinski definition) is 1. The number of aryl methyl sites for hydroxylation is 2. The minimum atomic E-state index is -0.814. The predicted octanol–water partition coefficient (Wildman–Crippen LogP) is 5.09. The molecule has 0 atom stereocenters. The zero-order valence-corrected chi connectivity index (χ0v) is 15.1. The Morgan fingerprint density at radius 3 is 2.62 bits per heavy atom. The molecule has 1 heterocycles. The predicted molar refractivity (Wildman–Crippen MR) is 97.1 cm³/mol. The van der Waals surface area contributed by atoms with Crippen LogP contribution in [-0.4, -0.2) is 11.1 Å². The third-order valence-electron chi connectivity index (χ3n) is 4.62. The average molecular weight is 356 g/mol. The molecule has 0 unspecified atom stereocenters. The zero-order chi connectivity index (χ0) is 18.8. The van der Waals surface area contributed by atoms with Crippen LogP contribution >= 0.6 is 0 Å². The number of halogens is 1. The quantitative estimate of drug-likeness (QED) is 0.668. The van der Waals surface area contributed by atoms with Crippen molar-refractivity contribution in [3.8, 4) is 5.75 Å². The Labute approximate surface area is 151 Å². The van der Waals surface area contributed by atoms with Crippen molar-refractivity contribution >= 4 is 16.9 Å². The molecule has 0 saturated carbocycles. The van der Waals surface area contributed by atoms with Crippen molar-refractivity contribution in [1.29, 1.82) is 0 Å². The summed E-state index contributed by atoms with van der Waals surface area (Å²) in [6.07, 6.45) is 0.581. The van der Waals surface area contributed by atoms with E-state index in [4.69, 9.17) is 14.3 Å². The molecule has 0 fully saturated rings. The Kier molecular flexibility index (Phi) is 4.98. The number of fused-ring (bicyclic) bond motifs is 1. The maximum atomic E-state index is 13.8. The molecule has 5 heteroatoms. The van der Waals surface area contributed by atoms with Crippen molar-refractivity contribution < 1.29 is 23.4 Å². The number of furan rings is 1. The largest absolute Gasteiger partial charge is 0.488 e. The van der Waals surface area contributed by atoms with Gasteiger partial charge in [0.1, 0.15) is 29.5 Å². The van der Waals surface area contributed by atoms with Crippen molar-refractivity contribution in [3.63, 3.8) is 0 Å². The van der Waals surface area contributed by atoms with E-state index in [0.717, 1.165) is 27.8 Å². The number of carboxylic acid groups (broad SMARTS) is 1. The lowest BCUT2D eigenvalue weighted by atomic mass is 9.99. The van der Waals surface area contributed by atoms with Gasteiger partial charge < -0.3 is 14.3 Å². The minimum Gasteiger partial charge on any atom is -0.488 e. The lowest BCUT2D eigenvalue weighted by Gasteiger charge is -2.14. The van der Waals surface area contributed by atoms with Crippen LogP contribution in [0.4, 0.5) is 4.39 Å². The first kappa shape index (κ1) is 18.0. The number of ether oxygens (including phenoxy) is 1. The topological polar surface area (TPSA) is 59.7 Å². The van der Waals surface area contributed by atoms with Gasteiger partial charge in [-0.05, 0) is 68.1 Å². The van der Waals surface area contributed by atoms with Crippen molar-refractivity contribution in [2.24, 2.45) is 0 Å². The number of carboxylic acids is 1. The van der Waals surface area contributed by atoms with Gasteiger partial charge in [-0.1, -0.05) is 6.07 Å². The van der Waals surface area contributed by atoms with Gasteiger partial charge in [0.05, 0.1) is 0 Å². The normalized spacial score (nSPS) is 11.1. The van der Waals surface area contributed by atoms with Crippen LogP contribution in [-0.2, 0) is 17.8 Å². The molecule has 4 nitrogen and oxygen atoms in total. The monoisotopic (exact) mass is 356 g/mol. The summed E-state index contributed by atoms with van der Waals surface area (Å²) in [5, 5.41) is 9.57. The third-order valence-corrected chi connectivity index (χ3v) is 4.62. The number of aliphatic carboxylic acids is 1. The van der Waals surface area contributed by atoms with Crippen LogP contribution in [0.1, 0.15) is 34.4 Å². The summed E-state index contributed by atoms with van der Waals surface area (Å²) in [5.74, 6) is 0.281. The lowest BCUT2D eigenvalue weighted by molar-refractivity contribution is -0.136. The van der Waals surface area contributed by atoms with Crippen molar-refractivity contribution in [1.82, 2.24) is 0 Å². The Morgan fingerprint density at radius 2 is 1.88 bits per heavy atom. The van der Waals surface area contributed by atoms with Crippen molar-refractivity contribution in [2.75, 3.05) is 0 Å². The summed E-state index contributed by atoms with van der Waals surface area (Å²) in [7, 11) is 0. The van der Waals surface area contributed by atoms with Crippen LogP contribution < -0.4 is 4.74 Å². The molecule has 0 bridgehead atoms. The van der Waals surface area contributed by atoms with Gasteiger partial charge in [0.15, 0.2) is 0 Å². The summed E-state index contributed by atoms with van der Waals surface area (Å²) in [5.41, 5.74) is 4.25. The number of hydrogen-bond acceptors (Lipinski definition) is 3. The van der Waals surface area contributed by atoms with Gasteiger partial charge in [0, 0.05) is 17.4 Å². The Bertz CT molecular complexity index is 972. The van der Waals surface area contributed by atoms with Crippen LogP contribution in [0.15, 0.2) is 34.7 Å². The second-order valence-corrected chi connectivity index (χ2v) is 6.50. The van der Waals surface area contributed by atoms with Gasteiger partial charge in [0.25, 0.3) is 0 Å². The van der Waals surface area contributed by atoms with Crippen LogP contribution in [0.2, 0.25) is 0 Å². The van der Waals surface area contributed by atoms with E-state index < -0.39 is 5.97 Å². The van der Waals surface area contributed by atoms with Gasteiger partial charge in [-0.3, -0.25) is 4.79 Å². The highest BCUT2D eigenvalue weighted by Crippen LogP contribution is 2.28. The molecule has 136 valence electrons. The van der Waals surface area contributed by atoms with Crippen molar-refractivity contribution in [3.05, 3.63) is 64.2 Å². The highest BCUT2D eigenvalue weighted by molar-refractivity contribution is 5.81. The standard InChI is InChI=1S/C21H21FO4/c1-12-8-16-9-18(22)10-17(21(16)26-12)11-25-19-6-4-15(5-7-20(23)24)13(2)14(19)3/h4,6,8-10H,5,7,11H2,1-3H3,(H,23,24). The molecule has 26 heavy (non-hydrogen) atoms. The number of rotatable bonds is 6. The molecule has 0 radical (unpaired) electrons. The molecule has 3 aromatic rings. The highest BCUT2D eigenvalue weighted by Gasteiger charge is 2.12. The van der Waals surface area contributed by atoms with E-state index in [1.165, 1.54) is 12.1 Å². The molecule has 0 amide bonds. The van der Waals surface area contributed by atoms with E-state index in [-0.39, 0.29) is 18.8 Å². The third kappa shape index (κ3) is 3.72. The first-order chi connectivity index (χ1) is 12.3. The van der Waals surface area contributed by atoms with E-state index >= 15 is 0 Å². The fourth-order valence-electron chi connectivity index (χ4n) is 3.10. The fraction of sp³-hybridized carbons (Fsp3) is 0.286. The maximum absolute atomic E-state index is 13.8. The van der Waals surface area contributed by atoms with E-state index in [0.29, 0.717) is 23.3 Å². The first-order valence-corrected chi connectivity index (χ1v) is 8.47. The number of benzene rings is 2. The minimum absolute atomic E-state index is 0.0968. The smallest absolute Gasteiger partial charge is 0.303 e. The zero-order valence-electron chi connectivity index (χ0n) is 15.1. The Balaban J connectivity index is 1.82. The average Bonchev–Trinajstić information content (AvgIpc) is 2.95. The van der Waals surface area contributed by atoms with Gasteiger partial charge in [-0.2, -0.15) is 0 Å². The van der Waals surface area contributed by atoms with Crippen LogP contribution in [0.5, 0.6) is 5.75 Å². The molecule has 1 aromatic heterocycles. The van der Waals surface area contributed by atoms with E-state index in [1.807, 2.05) is 32.9 Å². The number of carbonyl (C=O) groups is 1. The summed E-state index contributed by atoms with van der Waals surface area (Å²) >= 11 is 0. The first-order valence-electron chi connectivity index (χ1n) is 8.47. The maximum Gasteiger partial charge on any atom is 0.303 e.